The number of amides is 1. The predicted octanol–water partition coefficient (Wildman–Crippen LogP) is 2.44. The number of aromatic nitrogens is 1. The van der Waals surface area contributed by atoms with Crippen LogP contribution in [0.5, 0.6) is 0 Å². The van der Waals surface area contributed by atoms with Gasteiger partial charge in [0.15, 0.2) is 0 Å². The molecule has 1 atom stereocenters. The molecule has 2 heterocycles. The number of carbonyl (C=O) groups excluding carboxylic acids is 1. The van der Waals surface area contributed by atoms with Gasteiger partial charge in [0.05, 0.1) is 6.04 Å². The van der Waals surface area contributed by atoms with Crippen molar-refractivity contribution in [2.75, 3.05) is 11.9 Å². The average Bonchev–Trinajstić information content (AvgIpc) is 3.06. The Morgan fingerprint density at radius 2 is 2.35 bits per heavy atom. The molecule has 0 saturated carbocycles. The Balaban J connectivity index is 1.78. The van der Waals surface area contributed by atoms with Crippen LogP contribution in [0.1, 0.15) is 40.3 Å². The smallest absolute Gasteiger partial charge is 0.252 e. The first-order valence-electron chi connectivity index (χ1n) is 6.75. The summed E-state index contributed by atoms with van der Waals surface area (Å²) in [7, 11) is 0. The van der Waals surface area contributed by atoms with Gasteiger partial charge in [0, 0.05) is 23.9 Å². The zero-order valence-corrected chi connectivity index (χ0v) is 11.6. The van der Waals surface area contributed by atoms with E-state index < -0.39 is 0 Å². The number of benzene rings is 1. The van der Waals surface area contributed by atoms with Gasteiger partial charge in [0.1, 0.15) is 11.5 Å². The number of hydrogen-bond donors (Lipinski definition) is 2. The van der Waals surface area contributed by atoms with Crippen LogP contribution < -0.4 is 10.6 Å². The Labute approximate surface area is 117 Å². The normalized spacial score (nSPS) is 14.5. The highest BCUT2D eigenvalue weighted by Gasteiger charge is 2.20. The number of carbonyl (C=O) groups is 1. The van der Waals surface area contributed by atoms with Gasteiger partial charge in [-0.05, 0) is 38.0 Å². The van der Waals surface area contributed by atoms with Crippen LogP contribution in [0.3, 0.4) is 0 Å². The van der Waals surface area contributed by atoms with Crippen molar-refractivity contribution in [3.05, 3.63) is 46.8 Å². The molecule has 5 heteroatoms. The molecule has 0 bridgehead atoms. The topological polar surface area (TPSA) is 67.2 Å². The zero-order chi connectivity index (χ0) is 14.1. The number of rotatable bonds is 3. The first-order chi connectivity index (χ1) is 9.65. The fraction of sp³-hybridized carbons (Fsp3) is 0.333. The zero-order valence-electron chi connectivity index (χ0n) is 11.6. The van der Waals surface area contributed by atoms with E-state index in [1.165, 1.54) is 0 Å². The molecule has 0 aliphatic carbocycles. The van der Waals surface area contributed by atoms with Crippen molar-refractivity contribution in [3.8, 4) is 0 Å². The van der Waals surface area contributed by atoms with E-state index in [0.717, 1.165) is 41.2 Å². The van der Waals surface area contributed by atoms with Crippen molar-refractivity contribution in [1.29, 1.82) is 0 Å². The third-order valence-electron chi connectivity index (χ3n) is 3.55. The summed E-state index contributed by atoms with van der Waals surface area (Å²) < 4.78 is 5.04. The predicted molar refractivity (Wildman–Crippen MR) is 75.8 cm³/mol. The first kappa shape index (κ1) is 12.7. The minimum atomic E-state index is -0.176. The molecular formula is C15H17N3O2. The van der Waals surface area contributed by atoms with Gasteiger partial charge in [0.2, 0.25) is 0 Å². The van der Waals surface area contributed by atoms with Gasteiger partial charge >= 0.3 is 0 Å². The fourth-order valence-electron chi connectivity index (χ4n) is 2.49. The molecular weight excluding hydrogens is 254 g/mol. The number of fused-ring (bicyclic) bond motifs is 1. The molecule has 3 rings (SSSR count). The second kappa shape index (κ2) is 5.00. The third-order valence-corrected chi connectivity index (χ3v) is 3.55. The standard InChI is InChI=1S/C15H17N3O2/c1-9-8-14(18-20-9)10(2)17-15(19)12-4-3-5-13-11(12)6-7-16-13/h3-5,8,10,16H,6-7H2,1-2H3,(H,17,19). The summed E-state index contributed by atoms with van der Waals surface area (Å²) in [5.74, 6) is 0.671. The summed E-state index contributed by atoms with van der Waals surface area (Å²) >= 11 is 0. The SMILES string of the molecule is Cc1cc(C(C)NC(=O)c2cccc3c2CCN3)no1. The lowest BCUT2D eigenvalue weighted by atomic mass is 10.0. The van der Waals surface area contributed by atoms with Gasteiger partial charge in [-0.3, -0.25) is 4.79 Å². The molecule has 1 aromatic heterocycles. The van der Waals surface area contributed by atoms with Gasteiger partial charge in [0.25, 0.3) is 5.91 Å². The van der Waals surface area contributed by atoms with Gasteiger partial charge < -0.3 is 15.2 Å². The molecule has 0 fully saturated rings. The fourth-order valence-corrected chi connectivity index (χ4v) is 2.49. The van der Waals surface area contributed by atoms with Crippen LogP contribution in [0.4, 0.5) is 5.69 Å². The summed E-state index contributed by atoms with van der Waals surface area (Å²) in [5, 5.41) is 10.2. The molecule has 0 radical (unpaired) electrons. The molecule has 5 nitrogen and oxygen atoms in total. The Morgan fingerprint density at radius 1 is 1.50 bits per heavy atom. The van der Waals surface area contributed by atoms with Crippen molar-refractivity contribution >= 4 is 11.6 Å². The molecule has 20 heavy (non-hydrogen) atoms. The van der Waals surface area contributed by atoms with E-state index in [-0.39, 0.29) is 11.9 Å². The highest BCUT2D eigenvalue weighted by atomic mass is 16.5. The molecule has 104 valence electrons. The number of nitrogens with zero attached hydrogens (tertiary/aromatic N) is 1. The Morgan fingerprint density at radius 3 is 3.10 bits per heavy atom. The second-order valence-corrected chi connectivity index (χ2v) is 5.07. The van der Waals surface area contributed by atoms with Crippen molar-refractivity contribution in [2.45, 2.75) is 26.3 Å². The first-order valence-corrected chi connectivity index (χ1v) is 6.75. The molecule has 2 N–H and O–H groups in total. The quantitative estimate of drug-likeness (QED) is 0.899. The lowest BCUT2D eigenvalue weighted by molar-refractivity contribution is 0.0938. The summed E-state index contributed by atoms with van der Waals surface area (Å²) in [6, 6.07) is 7.43. The maximum Gasteiger partial charge on any atom is 0.252 e. The van der Waals surface area contributed by atoms with Crippen LogP contribution in [0.15, 0.2) is 28.8 Å². The van der Waals surface area contributed by atoms with Gasteiger partial charge in [-0.25, -0.2) is 0 Å². The van der Waals surface area contributed by atoms with Crippen LogP contribution in [0.2, 0.25) is 0 Å². The number of aryl methyl sites for hydroxylation is 1. The van der Waals surface area contributed by atoms with E-state index in [1.807, 2.05) is 38.1 Å². The van der Waals surface area contributed by atoms with Crippen molar-refractivity contribution in [1.82, 2.24) is 10.5 Å². The van der Waals surface area contributed by atoms with Crippen LogP contribution >= 0.6 is 0 Å². The summed E-state index contributed by atoms with van der Waals surface area (Å²) in [5.41, 5.74) is 3.62. The number of hydrogen-bond acceptors (Lipinski definition) is 4. The largest absolute Gasteiger partial charge is 0.384 e. The van der Waals surface area contributed by atoms with E-state index in [1.54, 1.807) is 0 Å². The van der Waals surface area contributed by atoms with E-state index in [0.29, 0.717) is 0 Å². The average molecular weight is 271 g/mol. The van der Waals surface area contributed by atoms with E-state index >= 15 is 0 Å². The van der Waals surface area contributed by atoms with Crippen LogP contribution in [-0.4, -0.2) is 17.6 Å². The minimum absolute atomic E-state index is 0.0706. The Kier molecular flexibility index (Phi) is 3.18. The summed E-state index contributed by atoms with van der Waals surface area (Å²) in [6.45, 7) is 4.62. The van der Waals surface area contributed by atoms with Crippen molar-refractivity contribution in [2.24, 2.45) is 0 Å². The lowest BCUT2D eigenvalue weighted by Crippen LogP contribution is -2.27. The van der Waals surface area contributed by atoms with Crippen molar-refractivity contribution in [3.63, 3.8) is 0 Å². The monoisotopic (exact) mass is 271 g/mol. The molecule has 1 amide bonds. The molecule has 1 aliphatic rings. The maximum absolute atomic E-state index is 12.4. The Bertz CT molecular complexity index is 648. The van der Waals surface area contributed by atoms with E-state index in [9.17, 15) is 4.79 Å². The van der Waals surface area contributed by atoms with Gasteiger partial charge in [-0.1, -0.05) is 11.2 Å². The molecule has 0 saturated heterocycles. The molecule has 0 spiro atoms. The summed E-state index contributed by atoms with van der Waals surface area (Å²) in [4.78, 5) is 12.4. The summed E-state index contributed by atoms with van der Waals surface area (Å²) in [6.07, 6.45) is 0.885. The molecule has 1 aromatic carbocycles. The van der Waals surface area contributed by atoms with Crippen LogP contribution in [0, 0.1) is 6.92 Å². The second-order valence-electron chi connectivity index (χ2n) is 5.07. The maximum atomic E-state index is 12.4. The third kappa shape index (κ3) is 2.27. The van der Waals surface area contributed by atoms with Crippen LogP contribution in [-0.2, 0) is 6.42 Å². The van der Waals surface area contributed by atoms with Crippen LogP contribution in [0.25, 0.3) is 0 Å². The lowest BCUT2D eigenvalue weighted by Gasteiger charge is -2.13. The van der Waals surface area contributed by atoms with E-state index in [4.69, 9.17) is 4.52 Å². The van der Waals surface area contributed by atoms with Gasteiger partial charge in [-0.15, -0.1) is 0 Å². The minimum Gasteiger partial charge on any atom is -0.384 e. The molecule has 1 aliphatic heterocycles. The van der Waals surface area contributed by atoms with E-state index in [2.05, 4.69) is 15.8 Å². The highest BCUT2D eigenvalue weighted by molar-refractivity contribution is 5.97. The molecule has 1 unspecified atom stereocenters. The molecule has 2 aromatic rings. The Hall–Kier alpha value is -2.30. The number of nitrogens with one attached hydrogen (secondary N) is 2. The van der Waals surface area contributed by atoms with Crippen molar-refractivity contribution < 1.29 is 9.32 Å². The highest BCUT2D eigenvalue weighted by Crippen LogP contribution is 2.26. The van der Waals surface area contributed by atoms with Gasteiger partial charge in [-0.2, -0.15) is 0 Å². The number of anilines is 1.